The third-order valence-electron chi connectivity index (χ3n) is 4.26. The Bertz CT molecular complexity index is 553. The fraction of sp³-hybridized carbons (Fsp3) is 0.529. The van der Waals surface area contributed by atoms with Crippen molar-refractivity contribution in [2.24, 2.45) is 0 Å². The van der Waals surface area contributed by atoms with E-state index in [1.165, 1.54) is 0 Å². The van der Waals surface area contributed by atoms with Crippen molar-refractivity contribution in [2.75, 3.05) is 26.2 Å². The second-order valence-corrected chi connectivity index (χ2v) is 6.83. The molecule has 1 aromatic carbocycles. The minimum atomic E-state index is -0.00242. The molecule has 1 aliphatic heterocycles. The molecule has 0 radical (unpaired) electrons. The lowest BCUT2D eigenvalue weighted by Gasteiger charge is -2.33. The summed E-state index contributed by atoms with van der Waals surface area (Å²) in [4.78, 5) is 28.3. The van der Waals surface area contributed by atoms with Crippen LogP contribution in [0.5, 0.6) is 0 Å². The molecule has 0 bridgehead atoms. The summed E-state index contributed by atoms with van der Waals surface area (Å²) < 4.78 is 0.979. The maximum atomic E-state index is 12.6. The second kappa shape index (κ2) is 8.52. The van der Waals surface area contributed by atoms with Crippen LogP contribution in [0.4, 0.5) is 4.79 Å². The molecule has 1 N–H and O–H groups in total. The number of carbonyl (C=O) groups is 2. The molecule has 0 aromatic heterocycles. The number of halogens is 1. The maximum Gasteiger partial charge on any atom is 0.317 e. The van der Waals surface area contributed by atoms with Crippen LogP contribution in [0.2, 0.25) is 0 Å². The Hall–Kier alpha value is -1.31. The van der Waals surface area contributed by atoms with Gasteiger partial charge in [0.15, 0.2) is 0 Å². The van der Waals surface area contributed by atoms with E-state index >= 15 is 0 Å². The normalized spacial score (nSPS) is 15.3. The molecule has 1 fully saturated rings. The Balaban J connectivity index is 1.88. The highest BCUT2D eigenvalue weighted by Gasteiger charge is 2.26. The smallest absolute Gasteiger partial charge is 0.317 e. The Morgan fingerprint density at radius 2 is 1.83 bits per heavy atom. The Morgan fingerprint density at radius 3 is 2.39 bits per heavy atom. The molecule has 0 spiro atoms. The molecular weight excluding hydrogens is 405 g/mol. The molecule has 3 amide bonds. The van der Waals surface area contributed by atoms with Crippen molar-refractivity contribution in [1.29, 1.82) is 0 Å². The van der Waals surface area contributed by atoms with E-state index in [9.17, 15) is 9.59 Å². The van der Waals surface area contributed by atoms with Gasteiger partial charge in [-0.3, -0.25) is 4.79 Å². The van der Waals surface area contributed by atoms with E-state index in [1.807, 2.05) is 43.0 Å². The van der Waals surface area contributed by atoms with Gasteiger partial charge in [-0.15, -0.1) is 0 Å². The predicted molar refractivity (Wildman–Crippen MR) is 99.5 cm³/mol. The van der Waals surface area contributed by atoms with Gasteiger partial charge in [0, 0.05) is 35.8 Å². The number of hydrogen-bond acceptors (Lipinski definition) is 2. The van der Waals surface area contributed by atoms with Crippen LogP contribution < -0.4 is 5.32 Å². The third-order valence-corrected chi connectivity index (χ3v) is 5.21. The van der Waals surface area contributed by atoms with Crippen LogP contribution in [0, 0.1) is 3.57 Å². The maximum absolute atomic E-state index is 12.6. The number of rotatable bonds is 4. The van der Waals surface area contributed by atoms with E-state index in [0.29, 0.717) is 26.2 Å². The van der Waals surface area contributed by atoms with Crippen molar-refractivity contribution < 1.29 is 9.59 Å². The molecule has 1 aromatic rings. The molecule has 2 rings (SSSR count). The molecule has 1 aliphatic rings. The summed E-state index contributed by atoms with van der Waals surface area (Å²) in [6.45, 7) is 6.76. The molecule has 6 heteroatoms. The summed E-state index contributed by atoms with van der Waals surface area (Å²) in [7, 11) is 0. The topological polar surface area (TPSA) is 52.7 Å². The number of amides is 3. The summed E-state index contributed by atoms with van der Waals surface area (Å²) in [5.41, 5.74) is 0.763. The number of urea groups is 1. The van der Waals surface area contributed by atoms with Gasteiger partial charge in [-0.25, -0.2) is 4.79 Å². The molecule has 5 nitrogen and oxygen atoms in total. The van der Waals surface area contributed by atoms with Gasteiger partial charge < -0.3 is 15.1 Å². The zero-order chi connectivity index (χ0) is 16.8. The quantitative estimate of drug-likeness (QED) is 0.749. The lowest BCUT2D eigenvalue weighted by molar-refractivity contribution is 0.0705. The molecule has 0 aliphatic carbocycles. The van der Waals surface area contributed by atoms with Crippen LogP contribution in [-0.2, 0) is 0 Å². The Morgan fingerprint density at radius 1 is 1.22 bits per heavy atom. The molecule has 0 unspecified atom stereocenters. The van der Waals surface area contributed by atoms with Crippen LogP contribution >= 0.6 is 22.6 Å². The predicted octanol–water partition coefficient (Wildman–Crippen LogP) is 2.95. The summed E-state index contributed by atoms with van der Waals surface area (Å²) in [6, 6.07) is 7.81. The minimum absolute atomic E-state index is 0.00242. The fourth-order valence-corrected chi connectivity index (χ4v) is 3.43. The highest BCUT2D eigenvalue weighted by atomic mass is 127. The van der Waals surface area contributed by atoms with Crippen molar-refractivity contribution in [2.45, 2.75) is 32.7 Å². The molecule has 23 heavy (non-hydrogen) atoms. The fourth-order valence-electron chi connectivity index (χ4n) is 2.81. The van der Waals surface area contributed by atoms with Crippen molar-refractivity contribution in [1.82, 2.24) is 15.1 Å². The number of benzene rings is 1. The number of nitrogens with one attached hydrogen (secondary N) is 1. The molecular formula is C17H24IN3O2. The SMILES string of the molecule is CCN(CC)C(=O)NC1CCN(C(=O)c2ccccc2I)CC1. The first-order valence-corrected chi connectivity index (χ1v) is 9.23. The number of hydrogen-bond donors (Lipinski definition) is 1. The van der Waals surface area contributed by atoms with Crippen molar-refractivity contribution in [3.63, 3.8) is 0 Å². The average molecular weight is 429 g/mol. The first-order valence-electron chi connectivity index (χ1n) is 8.16. The van der Waals surface area contributed by atoms with Gasteiger partial charge in [0.05, 0.1) is 5.56 Å². The van der Waals surface area contributed by atoms with Gasteiger partial charge in [0.25, 0.3) is 5.91 Å². The Labute approximate surface area is 151 Å². The lowest BCUT2D eigenvalue weighted by Crippen LogP contribution is -2.50. The van der Waals surface area contributed by atoms with E-state index in [2.05, 4.69) is 27.9 Å². The number of piperidine rings is 1. The number of carbonyl (C=O) groups excluding carboxylic acids is 2. The van der Waals surface area contributed by atoms with Gasteiger partial charge in [-0.05, 0) is 61.4 Å². The minimum Gasteiger partial charge on any atom is -0.338 e. The van der Waals surface area contributed by atoms with Gasteiger partial charge in [0.1, 0.15) is 0 Å². The number of likely N-dealkylation sites (tertiary alicyclic amines) is 1. The zero-order valence-electron chi connectivity index (χ0n) is 13.7. The van der Waals surface area contributed by atoms with Gasteiger partial charge in [-0.2, -0.15) is 0 Å². The standard InChI is InChI=1S/C17H24IN3O2/c1-3-20(4-2)17(23)19-13-9-11-21(12-10-13)16(22)14-7-5-6-8-15(14)18/h5-8,13H,3-4,9-12H2,1-2H3,(H,19,23). The summed E-state index contributed by atoms with van der Waals surface area (Å²) in [5, 5.41) is 3.08. The van der Waals surface area contributed by atoms with Crippen LogP contribution in [0.15, 0.2) is 24.3 Å². The molecule has 1 saturated heterocycles. The van der Waals surface area contributed by atoms with Gasteiger partial charge in [0.2, 0.25) is 0 Å². The largest absolute Gasteiger partial charge is 0.338 e. The van der Waals surface area contributed by atoms with Gasteiger partial charge in [-0.1, -0.05) is 12.1 Å². The van der Waals surface area contributed by atoms with E-state index in [1.54, 1.807) is 4.90 Å². The highest BCUT2D eigenvalue weighted by Crippen LogP contribution is 2.18. The monoisotopic (exact) mass is 429 g/mol. The molecule has 1 heterocycles. The first-order chi connectivity index (χ1) is 11.1. The second-order valence-electron chi connectivity index (χ2n) is 5.67. The van der Waals surface area contributed by atoms with Crippen molar-refractivity contribution in [3.05, 3.63) is 33.4 Å². The average Bonchev–Trinajstić information content (AvgIpc) is 2.56. The molecule has 0 atom stereocenters. The van der Waals surface area contributed by atoms with E-state index in [4.69, 9.17) is 0 Å². The van der Waals surface area contributed by atoms with Crippen LogP contribution in [0.3, 0.4) is 0 Å². The third kappa shape index (κ3) is 4.59. The highest BCUT2D eigenvalue weighted by molar-refractivity contribution is 14.1. The first kappa shape index (κ1) is 18.0. The van der Waals surface area contributed by atoms with Crippen LogP contribution in [0.1, 0.15) is 37.0 Å². The Kier molecular flexibility index (Phi) is 6.68. The van der Waals surface area contributed by atoms with Gasteiger partial charge >= 0.3 is 6.03 Å². The van der Waals surface area contributed by atoms with Crippen LogP contribution in [0.25, 0.3) is 0 Å². The summed E-state index contributed by atoms with van der Waals surface area (Å²) >= 11 is 2.20. The van der Waals surface area contributed by atoms with E-state index < -0.39 is 0 Å². The van der Waals surface area contributed by atoms with Crippen LogP contribution in [-0.4, -0.2) is 54.0 Å². The zero-order valence-corrected chi connectivity index (χ0v) is 15.9. The summed E-state index contributed by atoms with van der Waals surface area (Å²) in [5.74, 6) is 0.0866. The van der Waals surface area contributed by atoms with Crippen molar-refractivity contribution >= 4 is 34.5 Å². The molecule has 126 valence electrons. The number of nitrogens with zero attached hydrogens (tertiary/aromatic N) is 2. The summed E-state index contributed by atoms with van der Waals surface area (Å²) in [6.07, 6.45) is 1.62. The van der Waals surface area contributed by atoms with E-state index in [-0.39, 0.29) is 18.0 Å². The van der Waals surface area contributed by atoms with Crippen molar-refractivity contribution in [3.8, 4) is 0 Å². The molecule has 0 saturated carbocycles. The van der Waals surface area contributed by atoms with E-state index in [0.717, 1.165) is 22.0 Å². The lowest BCUT2D eigenvalue weighted by atomic mass is 10.0.